The molecule has 1 saturated heterocycles. The summed E-state index contributed by atoms with van der Waals surface area (Å²) < 4.78 is 19.4. The van der Waals surface area contributed by atoms with Crippen LogP contribution in [0.4, 0.5) is 20.6 Å². The van der Waals surface area contributed by atoms with Gasteiger partial charge in [-0.15, -0.1) is 0 Å². The second kappa shape index (κ2) is 8.89. The second-order valence-corrected chi connectivity index (χ2v) is 7.79. The lowest BCUT2D eigenvalue weighted by molar-refractivity contribution is 0.103. The van der Waals surface area contributed by atoms with E-state index in [9.17, 15) is 14.3 Å². The highest BCUT2D eigenvalue weighted by molar-refractivity contribution is 5.90. The van der Waals surface area contributed by atoms with E-state index in [0.29, 0.717) is 32.0 Å². The van der Waals surface area contributed by atoms with Crippen LogP contribution in [-0.4, -0.2) is 49.6 Å². The molecular formula is C20H30FN3O3. The van der Waals surface area contributed by atoms with Crippen LogP contribution in [-0.2, 0) is 4.74 Å². The molecule has 7 heteroatoms. The monoisotopic (exact) mass is 379 g/mol. The third-order valence-corrected chi connectivity index (χ3v) is 5.75. The van der Waals surface area contributed by atoms with Gasteiger partial charge in [0.15, 0.2) is 0 Å². The number of benzene rings is 1. The Kier molecular flexibility index (Phi) is 6.55. The molecule has 3 N–H and O–H groups in total. The number of urea groups is 1. The summed E-state index contributed by atoms with van der Waals surface area (Å²) in [6, 6.07) is 4.12. The number of anilines is 2. The zero-order valence-corrected chi connectivity index (χ0v) is 16.0. The first-order valence-electron chi connectivity index (χ1n) is 9.83. The molecule has 1 heterocycles. The van der Waals surface area contributed by atoms with Crippen molar-refractivity contribution >= 4 is 17.4 Å². The van der Waals surface area contributed by atoms with Crippen LogP contribution in [0.5, 0.6) is 0 Å². The number of rotatable bonds is 5. The van der Waals surface area contributed by atoms with Gasteiger partial charge in [0, 0.05) is 24.5 Å². The van der Waals surface area contributed by atoms with Gasteiger partial charge in [0.25, 0.3) is 0 Å². The molecule has 0 aromatic heterocycles. The number of hydrogen-bond donors (Lipinski definition) is 3. The maximum Gasteiger partial charge on any atom is 0.319 e. The Morgan fingerprint density at radius 1 is 1.26 bits per heavy atom. The van der Waals surface area contributed by atoms with Crippen LogP contribution in [0.2, 0.25) is 0 Å². The molecule has 1 saturated carbocycles. The number of carbonyl (C=O) groups is 1. The Bertz CT molecular complexity index is 645. The lowest BCUT2D eigenvalue weighted by atomic mass is 9.76. The zero-order valence-electron chi connectivity index (χ0n) is 16.0. The predicted molar refractivity (Wildman–Crippen MR) is 104 cm³/mol. The van der Waals surface area contributed by atoms with Gasteiger partial charge >= 0.3 is 6.03 Å². The molecule has 2 aliphatic rings. The largest absolute Gasteiger partial charge is 0.394 e. The molecule has 6 nitrogen and oxygen atoms in total. The lowest BCUT2D eigenvalue weighted by Gasteiger charge is -2.39. The van der Waals surface area contributed by atoms with Crippen molar-refractivity contribution in [2.45, 2.75) is 44.6 Å². The van der Waals surface area contributed by atoms with E-state index in [1.54, 1.807) is 6.07 Å². The average Bonchev–Trinajstić information content (AvgIpc) is 2.68. The highest BCUT2D eigenvalue weighted by Gasteiger charge is 2.35. The molecule has 1 aliphatic heterocycles. The minimum atomic E-state index is -0.676. The van der Waals surface area contributed by atoms with E-state index in [1.807, 2.05) is 11.8 Å². The Morgan fingerprint density at radius 2 is 1.96 bits per heavy atom. The number of nitrogens with zero attached hydrogens (tertiary/aromatic N) is 1. The van der Waals surface area contributed by atoms with Crippen molar-refractivity contribution in [1.29, 1.82) is 0 Å². The van der Waals surface area contributed by atoms with Gasteiger partial charge in [0.1, 0.15) is 5.82 Å². The highest BCUT2D eigenvalue weighted by Crippen LogP contribution is 2.32. The summed E-state index contributed by atoms with van der Waals surface area (Å²) >= 11 is 0. The number of morpholine rings is 1. The lowest BCUT2D eigenvalue weighted by Crippen LogP contribution is -2.55. The van der Waals surface area contributed by atoms with E-state index < -0.39 is 17.4 Å². The van der Waals surface area contributed by atoms with Gasteiger partial charge in [-0.05, 0) is 43.9 Å². The topological polar surface area (TPSA) is 73.8 Å². The van der Waals surface area contributed by atoms with E-state index in [0.717, 1.165) is 31.4 Å². The molecule has 2 amide bonds. The number of nitrogens with one attached hydrogen (secondary N) is 2. The maximum atomic E-state index is 14.1. The minimum Gasteiger partial charge on any atom is -0.394 e. The number of amides is 2. The Hall–Kier alpha value is -1.86. The van der Waals surface area contributed by atoms with E-state index in [1.165, 1.54) is 18.6 Å². The molecule has 2 fully saturated rings. The van der Waals surface area contributed by atoms with Crippen molar-refractivity contribution in [3.8, 4) is 0 Å². The van der Waals surface area contributed by atoms with Crippen molar-refractivity contribution in [3.63, 3.8) is 0 Å². The van der Waals surface area contributed by atoms with Crippen molar-refractivity contribution in [2.75, 3.05) is 43.1 Å². The van der Waals surface area contributed by atoms with E-state index in [4.69, 9.17) is 4.74 Å². The first-order valence-corrected chi connectivity index (χ1v) is 9.83. The fraction of sp³-hybridized carbons (Fsp3) is 0.650. The normalized spacial score (nSPS) is 20.8. The third-order valence-electron chi connectivity index (χ3n) is 5.75. The van der Waals surface area contributed by atoms with Crippen LogP contribution in [0.1, 0.15) is 39.0 Å². The summed E-state index contributed by atoms with van der Waals surface area (Å²) in [5.41, 5.74) is 0.453. The standard InChI is InChI=1S/C20H30FN3O3/c1-20(14-25,15-5-3-2-4-6-15)23-19(26)22-17-11-16(21)12-18(13-17)24-7-9-27-10-8-24/h11-13,15,25H,2-10,14H2,1H3,(H2,22,23,26). The molecule has 0 bridgehead atoms. The van der Waals surface area contributed by atoms with Crippen molar-refractivity contribution in [1.82, 2.24) is 5.32 Å². The van der Waals surface area contributed by atoms with Crippen molar-refractivity contribution in [2.24, 2.45) is 5.92 Å². The van der Waals surface area contributed by atoms with Crippen molar-refractivity contribution < 1.29 is 19.0 Å². The van der Waals surface area contributed by atoms with Gasteiger partial charge in [-0.3, -0.25) is 0 Å². The molecular weight excluding hydrogens is 349 g/mol. The SMILES string of the molecule is CC(CO)(NC(=O)Nc1cc(F)cc(N2CCOCC2)c1)C1CCCCC1. The third kappa shape index (κ3) is 5.11. The Morgan fingerprint density at radius 3 is 2.63 bits per heavy atom. The molecule has 150 valence electrons. The number of halogens is 1. The molecule has 1 aromatic rings. The van der Waals surface area contributed by atoms with E-state index >= 15 is 0 Å². The number of carbonyl (C=O) groups excluding carboxylic acids is 1. The summed E-state index contributed by atoms with van der Waals surface area (Å²) in [5, 5.41) is 15.5. The molecule has 1 atom stereocenters. The Balaban J connectivity index is 1.66. The summed E-state index contributed by atoms with van der Waals surface area (Å²) in [7, 11) is 0. The number of ether oxygens (including phenoxy) is 1. The summed E-state index contributed by atoms with van der Waals surface area (Å²) in [5.74, 6) is -0.148. The van der Waals surface area contributed by atoms with Gasteiger partial charge in [-0.1, -0.05) is 19.3 Å². The molecule has 1 unspecified atom stereocenters. The fourth-order valence-corrected chi connectivity index (χ4v) is 4.08. The first kappa shape index (κ1) is 19.9. The smallest absolute Gasteiger partial charge is 0.319 e. The molecule has 1 aliphatic carbocycles. The van der Waals surface area contributed by atoms with Gasteiger partial charge in [-0.25, -0.2) is 9.18 Å². The van der Waals surface area contributed by atoms with Gasteiger partial charge in [0.2, 0.25) is 0 Å². The van der Waals surface area contributed by atoms with Crippen molar-refractivity contribution in [3.05, 3.63) is 24.0 Å². The predicted octanol–water partition coefficient (Wildman–Crippen LogP) is 3.12. The van der Waals surface area contributed by atoms with Gasteiger partial charge < -0.3 is 25.4 Å². The average molecular weight is 379 g/mol. The number of aliphatic hydroxyl groups excluding tert-OH is 1. The minimum absolute atomic E-state index is 0.118. The molecule has 3 rings (SSSR count). The summed E-state index contributed by atoms with van der Waals surface area (Å²) in [6.07, 6.45) is 5.45. The van der Waals surface area contributed by atoms with Crippen LogP contribution < -0.4 is 15.5 Å². The van der Waals surface area contributed by atoms with E-state index in [-0.39, 0.29) is 12.5 Å². The molecule has 1 aromatic carbocycles. The number of hydrogen-bond acceptors (Lipinski definition) is 4. The number of aliphatic hydroxyl groups is 1. The van der Waals surface area contributed by atoms with Crippen LogP contribution in [0.3, 0.4) is 0 Å². The van der Waals surface area contributed by atoms with Crippen LogP contribution >= 0.6 is 0 Å². The van der Waals surface area contributed by atoms with Crippen LogP contribution in [0, 0.1) is 11.7 Å². The summed E-state index contributed by atoms with van der Waals surface area (Å²) in [6.45, 7) is 4.37. The summed E-state index contributed by atoms with van der Waals surface area (Å²) in [4.78, 5) is 14.6. The highest BCUT2D eigenvalue weighted by atomic mass is 19.1. The first-order chi connectivity index (χ1) is 13.0. The quantitative estimate of drug-likeness (QED) is 0.735. The Labute approximate surface area is 160 Å². The van der Waals surface area contributed by atoms with Gasteiger partial charge in [0.05, 0.1) is 25.4 Å². The zero-order chi connectivity index (χ0) is 19.3. The molecule has 0 radical (unpaired) electrons. The molecule has 27 heavy (non-hydrogen) atoms. The fourth-order valence-electron chi connectivity index (χ4n) is 4.08. The van der Waals surface area contributed by atoms with Crippen LogP contribution in [0.25, 0.3) is 0 Å². The second-order valence-electron chi connectivity index (χ2n) is 7.79. The van der Waals surface area contributed by atoms with Crippen LogP contribution in [0.15, 0.2) is 18.2 Å². The van der Waals surface area contributed by atoms with E-state index in [2.05, 4.69) is 10.6 Å². The molecule has 0 spiro atoms. The maximum absolute atomic E-state index is 14.1. The van der Waals surface area contributed by atoms with Gasteiger partial charge in [-0.2, -0.15) is 0 Å².